The Hall–Kier alpha value is -1.92. The minimum Gasteiger partial charge on any atom is -0.473 e. The van der Waals surface area contributed by atoms with Gasteiger partial charge in [-0.05, 0) is 40.0 Å². The quantitative estimate of drug-likeness (QED) is 0.639. The smallest absolute Gasteiger partial charge is 0.372 e. The maximum absolute atomic E-state index is 11.4. The van der Waals surface area contributed by atoms with Crippen molar-refractivity contribution in [2.45, 2.75) is 58.4 Å². The van der Waals surface area contributed by atoms with Gasteiger partial charge in [0.25, 0.3) is 5.88 Å². The van der Waals surface area contributed by atoms with Gasteiger partial charge in [0.05, 0.1) is 11.5 Å². The van der Waals surface area contributed by atoms with Crippen LogP contribution in [-0.4, -0.2) is 27.0 Å². The highest BCUT2D eigenvalue weighted by atomic mass is 16.6. The number of nitrogens with one attached hydrogen (secondary N) is 1. The molecule has 7 nitrogen and oxygen atoms in total. The van der Waals surface area contributed by atoms with Crippen LogP contribution < -0.4 is 10.1 Å². The molecule has 1 fully saturated rings. The van der Waals surface area contributed by atoms with Crippen LogP contribution in [0, 0.1) is 10.1 Å². The summed E-state index contributed by atoms with van der Waals surface area (Å²) in [4.78, 5) is 19.6. The van der Waals surface area contributed by atoms with Crippen LogP contribution in [0.15, 0.2) is 0 Å². The van der Waals surface area contributed by atoms with Gasteiger partial charge in [-0.25, -0.2) is 4.98 Å². The molecule has 0 aliphatic heterocycles. The molecule has 1 aromatic heterocycles. The van der Waals surface area contributed by atoms with Crippen molar-refractivity contribution >= 4 is 11.5 Å². The molecule has 0 saturated heterocycles. The molecule has 1 heterocycles. The average Bonchev–Trinajstić information content (AvgIpc) is 3.17. The number of aromatic nitrogens is 2. The first-order valence-corrected chi connectivity index (χ1v) is 7.29. The molecular formula is C14H22N4O3. The van der Waals surface area contributed by atoms with E-state index in [0.29, 0.717) is 18.3 Å². The summed E-state index contributed by atoms with van der Waals surface area (Å²) in [5, 5.41) is 14.5. The predicted molar refractivity (Wildman–Crippen MR) is 79.8 cm³/mol. The number of hydrogen-bond donors (Lipinski definition) is 1. The molecule has 2 rings (SSSR count). The highest BCUT2D eigenvalue weighted by Crippen LogP contribution is 2.42. The van der Waals surface area contributed by atoms with E-state index in [1.54, 1.807) is 0 Å². The first-order chi connectivity index (χ1) is 9.81. The van der Waals surface area contributed by atoms with Gasteiger partial charge in [-0.2, -0.15) is 4.98 Å². The molecule has 0 amide bonds. The molecule has 0 bridgehead atoms. The van der Waals surface area contributed by atoms with Crippen molar-refractivity contribution in [1.82, 2.24) is 9.97 Å². The van der Waals surface area contributed by atoms with Crippen LogP contribution in [0.1, 0.15) is 58.7 Å². The van der Waals surface area contributed by atoms with Crippen molar-refractivity contribution in [3.05, 3.63) is 15.9 Å². The first-order valence-electron chi connectivity index (χ1n) is 7.29. The monoisotopic (exact) mass is 294 g/mol. The molecule has 0 spiro atoms. The summed E-state index contributed by atoms with van der Waals surface area (Å²) < 4.78 is 5.49. The Kier molecular flexibility index (Phi) is 4.29. The van der Waals surface area contributed by atoms with E-state index in [9.17, 15) is 10.1 Å². The number of anilines is 1. The third-order valence-electron chi connectivity index (χ3n) is 2.93. The lowest BCUT2D eigenvalue weighted by Crippen LogP contribution is -2.27. The molecule has 1 aliphatic carbocycles. The Labute approximate surface area is 124 Å². The zero-order valence-corrected chi connectivity index (χ0v) is 13.0. The lowest BCUT2D eigenvalue weighted by Gasteiger charge is -2.21. The Balaban J connectivity index is 2.47. The van der Waals surface area contributed by atoms with E-state index in [1.165, 1.54) is 0 Å². The van der Waals surface area contributed by atoms with Crippen molar-refractivity contribution < 1.29 is 9.66 Å². The van der Waals surface area contributed by atoms with Crippen LogP contribution in [0.2, 0.25) is 0 Å². The van der Waals surface area contributed by atoms with Gasteiger partial charge >= 0.3 is 5.69 Å². The largest absolute Gasteiger partial charge is 0.473 e. The second-order valence-corrected chi connectivity index (χ2v) is 6.34. The van der Waals surface area contributed by atoms with E-state index >= 15 is 0 Å². The lowest BCUT2D eigenvalue weighted by molar-refractivity contribution is -0.385. The normalized spacial score (nSPS) is 14.9. The molecule has 21 heavy (non-hydrogen) atoms. The molecule has 1 aliphatic rings. The van der Waals surface area contributed by atoms with Gasteiger partial charge in [0.1, 0.15) is 5.82 Å². The third kappa shape index (κ3) is 4.03. The summed E-state index contributed by atoms with van der Waals surface area (Å²) in [6, 6.07) is 0. The SMILES string of the molecule is CCCOc1nc(C2CC2)nc(NC(C)(C)C)c1[N+](=O)[O-]. The second-order valence-electron chi connectivity index (χ2n) is 6.34. The number of nitrogens with zero attached hydrogens (tertiary/aromatic N) is 3. The third-order valence-corrected chi connectivity index (χ3v) is 2.93. The van der Waals surface area contributed by atoms with Crippen LogP contribution in [0.4, 0.5) is 11.5 Å². The summed E-state index contributed by atoms with van der Waals surface area (Å²) in [5.74, 6) is 1.26. The van der Waals surface area contributed by atoms with Gasteiger partial charge in [0.15, 0.2) is 0 Å². The number of hydrogen-bond acceptors (Lipinski definition) is 6. The molecule has 1 saturated carbocycles. The summed E-state index contributed by atoms with van der Waals surface area (Å²) in [7, 11) is 0. The van der Waals surface area contributed by atoms with Crippen LogP contribution in [0.3, 0.4) is 0 Å². The Morgan fingerprint density at radius 1 is 1.38 bits per heavy atom. The second kappa shape index (κ2) is 5.83. The summed E-state index contributed by atoms with van der Waals surface area (Å²) in [5.41, 5.74) is -0.509. The summed E-state index contributed by atoms with van der Waals surface area (Å²) in [6.45, 7) is 8.15. The van der Waals surface area contributed by atoms with E-state index < -0.39 is 4.92 Å². The Morgan fingerprint density at radius 3 is 2.52 bits per heavy atom. The molecule has 0 unspecified atom stereocenters. The van der Waals surface area contributed by atoms with Gasteiger partial charge in [-0.1, -0.05) is 6.92 Å². The standard InChI is InChI=1S/C14H22N4O3/c1-5-8-21-13-10(18(19)20)12(17-14(2,3)4)15-11(16-13)9-6-7-9/h9H,5-8H2,1-4H3,(H,15,16,17). The van der Waals surface area contributed by atoms with Crippen molar-refractivity contribution in [2.75, 3.05) is 11.9 Å². The minimum absolute atomic E-state index is 0.0745. The molecule has 0 radical (unpaired) electrons. The van der Waals surface area contributed by atoms with Crippen LogP contribution >= 0.6 is 0 Å². The van der Waals surface area contributed by atoms with Crippen molar-refractivity contribution in [3.63, 3.8) is 0 Å². The first kappa shape index (κ1) is 15.5. The van der Waals surface area contributed by atoms with Gasteiger partial charge in [0.2, 0.25) is 5.82 Å². The van der Waals surface area contributed by atoms with Gasteiger partial charge in [-0.3, -0.25) is 10.1 Å². The summed E-state index contributed by atoms with van der Waals surface area (Å²) >= 11 is 0. The fourth-order valence-electron chi connectivity index (χ4n) is 1.88. The molecular weight excluding hydrogens is 272 g/mol. The average molecular weight is 294 g/mol. The zero-order valence-electron chi connectivity index (χ0n) is 13.0. The molecule has 0 aromatic carbocycles. The predicted octanol–water partition coefficient (Wildman–Crippen LogP) is 3.26. The van der Waals surface area contributed by atoms with E-state index in [1.807, 2.05) is 27.7 Å². The highest BCUT2D eigenvalue weighted by Gasteiger charge is 2.34. The van der Waals surface area contributed by atoms with Crippen LogP contribution in [0.25, 0.3) is 0 Å². The van der Waals surface area contributed by atoms with Crippen molar-refractivity contribution in [1.29, 1.82) is 0 Å². The van der Waals surface area contributed by atoms with Gasteiger partial charge < -0.3 is 10.1 Å². The minimum atomic E-state index is -0.476. The molecule has 0 atom stereocenters. The summed E-state index contributed by atoms with van der Waals surface area (Å²) in [6.07, 6.45) is 2.82. The topological polar surface area (TPSA) is 90.2 Å². The Morgan fingerprint density at radius 2 is 2.05 bits per heavy atom. The fourth-order valence-corrected chi connectivity index (χ4v) is 1.88. The van der Waals surface area contributed by atoms with Gasteiger partial charge in [-0.15, -0.1) is 0 Å². The molecule has 1 N–H and O–H groups in total. The number of rotatable bonds is 6. The van der Waals surface area contributed by atoms with Crippen molar-refractivity contribution in [3.8, 4) is 5.88 Å². The van der Waals surface area contributed by atoms with E-state index in [4.69, 9.17) is 4.74 Å². The molecule has 1 aromatic rings. The highest BCUT2D eigenvalue weighted by molar-refractivity contribution is 5.62. The van der Waals surface area contributed by atoms with E-state index in [0.717, 1.165) is 19.3 Å². The van der Waals surface area contributed by atoms with Crippen LogP contribution in [0.5, 0.6) is 5.88 Å². The van der Waals surface area contributed by atoms with Crippen molar-refractivity contribution in [2.24, 2.45) is 0 Å². The molecule has 7 heteroatoms. The number of ether oxygens (including phenoxy) is 1. The zero-order chi connectivity index (χ0) is 15.6. The lowest BCUT2D eigenvalue weighted by atomic mass is 10.1. The maximum Gasteiger partial charge on any atom is 0.372 e. The van der Waals surface area contributed by atoms with E-state index in [2.05, 4.69) is 15.3 Å². The Bertz CT molecular complexity index is 536. The fraction of sp³-hybridized carbons (Fsp3) is 0.714. The molecule has 116 valence electrons. The van der Waals surface area contributed by atoms with Crippen LogP contribution in [-0.2, 0) is 0 Å². The van der Waals surface area contributed by atoms with E-state index in [-0.39, 0.29) is 22.9 Å². The number of nitro groups is 1. The maximum atomic E-state index is 11.4. The van der Waals surface area contributed by atoms with Gasteiger partial charge in [0, 0.05) is 11.5 Å².